The van der Waals surface area contributed by atoms with Crippen molar-refractivity contribution in [2.24, 2.45) is 0 Å². The topological polar surface area (TPSA) is 70.0 Å². The van der Waals surface area contributed by atoms with Crippen LogP contribution in [0.25, 0.3) is 27.7 Å². The first kappa shape index (κ1) is 30.4. The Morgan fingerprint density at radius 3 is 2.18 bits per heavy atom. The maximum Gasteiger partial charge on any atom is 0.409 e. The molecule has 5 rings (SSSR count). The molecular formula is C36H35FN2O5. The molecule has 0 radical (unpaired) electrons. The van der Waals surface area contributed by atoms with E-state index in [-0.39, 0.29) is 12.4 Å². The van der Waals surface area contributed by atoms with Crippen molar-refractivity contribution in [3.8, 4) is 22.6 Å². The molecule has 1 amide bonds. The summed E-state index contributed by atoms with van der Waals surface area (Å²) >= 11 is 0. The Bertz CT molecular complexity index is 1780. The number of aromatic nitrogens is 1. The van der Waals surface area contributed by atoms with E-state index in [1.807, 2.05) is 74.5 Å². The molecule has 5 aromatic rings. The van der Waals surface area contributed by atoms with Crippen molar-refractivity contribution in [2.75, 3.05) is 27.8 Å². The van der Waals surface area contributed by atoms with Crippen molar-refractivity contribution < 1.29 is 28.2 Å². The number of carbonyl (C=O) groups is 2. The normalized spacial score (nSPS) is 11.3. The Morgan fingerprint density at radius 1 is 0.864 bits per heavy atom. The smallest absolute Gasteiger partial charge is 0.409 e. The van der Waals surface area contributed by atoms with Gasteiger partial charge < -0.3 is 23.7 Å². The maximum atomic E-state index is 14.1. The molecule has 0 N–H and O–H groups in total. The summed E-state index contributed by atoms with van der Waals surface area (Å²) in [6.07, 6.45) is -0.460. The number of fused-ring (bicyclic) bond motifs is 1. The van der Waals surface area contributed by atoms with E-state index < -0.39 is 17.5 Å². The minimum absolute atomic E-state index is 0.0645. The zero-order chi connectivity index (χ0) is 31.4. The number of methoxy groups -OCH3 is 1. The Kier molecular flexibility index (Phi) is 8.71. The van der Waals surface area contributed by atoms with E-state index in [0.29, 0.717) is 17.9 Å². The second-order valence-corrected chi connectivity index (χ2v) is 11.4. The first-order valence-corrected chi connectivity index (χ1v) is 14.2. The van der Waals surface area contributed by atoms with Crippen molar-refractivity contribution in [1.82, 2.24) is 9.47 Å². The van der Waals surface area contributed by atoms with Gasteiger partial charge in [-0.15, -0.1) is 0 Å². The molecule has 0 unspecified atom stereocenters. The molecule has 1 heterocycles. The predicted molar refractivity (Wildman–Crippen MR) is 169 cm³/mol. The third-order valence-electron chi connectivity index (χ3n) is 7.43. The summed E-state index contributed by atoms with van der Waals surface area (Å²) in [6.45, 7) is 4.42. The molecule has 0 bridgehead atoms. The van der Waals surface area contributed by atoms with Crippen LogP contribution in [0.4, 0.5) is 9.18 Å². The van der Waals surface area contributed by atoms with Gasteiger partial charge in [-0.2, -0.15) is 0 Å². The average molecular weight is 595 g/mol. The number of esters is 1. The van der Waals surface area contributed by atoms with Crippen LogP contribution < -0.4 is 4.74 Å². The molecule has 4 aromatic carbocycles. The van der Waals surface area contributed by atoms with Crippen LogP contribution in [-0.4, -0.2) is 49.3 Å². The number of carbonyl (C=O) groups excluding carboxylic acids is 2. The number of hydrogen-bond acceptors (Lipinski definition) is 5. The van der Waals surface area contributed by atoms with Gasteiger partial charge in [-0.05, 0) is 59.7 Å². The van der Waals surface area contributed by atoms with Gasteiger partial charge in [0.25, 0.3) is 0 Å². The van der Waals surface area contributed by atoms with Crippen LogP contribution in [0, 0.1) is 5.82 Å². The lowest BCUT2D eigenvalue weighted by molar-refractivity contribution is 0.0600. The number of hydrogen-bond donors (Lipinski definition) is 0. The van der Waals surface area contributed by atoms with Crippen molar-refractivity contribution in [3.63, 3.8) is 0 Å². The Labute approximate surface area is 256 Å². The van der Waals surface area contributed by atoms with Gasteiger partial charge in [0.15, 0.2) is 0 Å². The Balaban J connectivity index is 1.80. The summed E-state index contributed by atoms with van der Waals surface area (Å²) in [7, 11) is 4.61. The molecule has 0 atom stereocenters. The zero-order valence-corrected chi connectivity index (χ0v) is 25.5. The van der Waals surface area contributed by atoms with Gasteiger partial charge in [-0.3, -0.25) is 0 Å². The lowest BCUT2D eigenvalue weighted by Crippen LogP contribution is -2.32. The maximum absolute atomic E-state index is 14.1. The highest BCUT2D eigenvalue weighted by Gasteiger charge is 2.34. The second kappa shape index (κ2) is 12.6. The minimum Gasteiger partial charge on any atom is -0.488 e. The first-order chi connectivity index (χ1) is 21.1. The molecular weight excluding hydrogens is 559 g/mol. The van der Waals surface area contributed by atoms with E-state index in [9.17, 15) is 14.0 Å². The minimum atomic E-state index is -0.744. The monoisotopic (exact) mass is 594 g/mol. The third kappa shape index (κ3) is 6.15. The number of halogens is 1. The van der Waals surface area contributed by atoms with Gasteiger partial charge in [-0.25, -0.2) is 14.0 Å². The van der Waals surface area contributed by atoms with Crippen molar-refractivity contribution >= 4 is 23.0 Å². The lowest BCUT2D eigenvalue weighted by Gasteiger charge is -2.29. The van der Waals surface area contributed by atoms with Crippen LogP contribution in [0.1, 0.15) is 35.5 Å². The van der Waals surface area contributed by atoms with Gasteiger partial charge in [0.05, 0.1) is 23.6 Å². The van der Waals surface area contributed by atoms with Gasteiger partial charge in [0.1, 0.15) is 24.8 Å². The summed E-state index contributed by atoms with van der Waals surface area (Å²) in [5, 5.41) is 0.834. The molecule has 226 valence electrons. The zero-order valence-electron chi connectivity index (χ0n) is 25.5. The summed E-state index contributed by atoms with van der Waals surface area (Å²) in [5.41, 5.74) is 4.74. The quantitative estimate of drug-likeness (QED) is 0.163. The highest BCUT2D eigenvalue weighted by molar-refractivity contribution is 6.04. The number of amides is 1. The van der Waals surface area contributed by atoms with Crippen LogP contribution in [0.15, 0.2) is 97.1 Å². The molecule has 0 aliphatic rings. The number of rotatable bonds is 9. The molecule has 7 nitrogen and oxygen atoms in total. The number of nitrogens with zero attached hydrogens (tertiary/aromatic N) is 2. The Morgan fingerprint density at radius 2 is 1.55 bits per heavy atom. The van der Waals surface area contributed by atoms with E-state index in [4.69, 9.17) is 14.2 Å². The molecule has 0 fully saturated rings. The third-order valence-corrected chi connectivity index (χ3v) is 7.43. The van der Waals surface area contributed by atoms with E-state index in [1.54, 1.807) is 38.4 Å². The molecule has 1 aromatic heterocycles. The largest absolute Gasteiger partial charge is 0.488 e. The van der Waals surface area contributed by atoms with E-state index in [1.165, 1.54) is 24.1 Å². The van der Waals surface area contributed by atoms with E-state index in [2.05, 4.69) is 4.57 Å². The van der Waals surface area contributed by atoms with E-state index in [0.717, 1.165) is 39.0 Å². The molecule has 44 heavy (non-hydrogen) atoms. The van der Waals surface area contributed by atoms with Crippen LogP contribution in [0.3, 0.4) is 0 Å². The van der Waals surface area contributed by atoms with Gasteiger partial charge >= 0.3 is 12.1 Å². The molecule has 0 aliphatic heterocycles. The first-order valence-electron chi connectivity index (χ1n) is 14.2. The summed E-state index contributed by atoms with van der Waals surface area (Å²) < 4.78 is 33.3. The van der Waals surface area contributed by atoms with Crippen LogP contribution in [0.5, 0.6) is 5.75 Å². The number of ether oxygens (including phenoxy) is 3. The van der Waals surface area contributed by atoms with Gasteiger partial charge in [0, 0.05) is 36.5 Å². The standard InChI is InChI=1S/C36H35FN2O5/c1-36(2,23-44-35(41)38(3)4)33-31(25-14-16-26(17-15-25)34(40)42-5)32-29(39(33)28-20-18-27(37)19-21-28)12-9-13-30(32)43-22-24-10-7-6-8-11-24/h6-21H,22-23H2,1-5H3. The fraction of sp³-hybridized carbons (Fsp3) is 0.222. The lowest BCUT2D eigenvalue weighted by atomic mass is 9.84. The fourth-order valence-corrected chi connectivity index (χ4v) is 5.27. The molecule has 0 saturated heterocycles. The van der Waals surface area contributed by atoms with Crippen LogP contribution >= 0.6 is 0 Å². The fourth-order valence-electron chi connectivity index (χ4n) is 5.27. The molecule has 0 spiro atoms. The van der Waals surface area contributed by atoms with Crippen molar-refractivity contribution in [3.05, 3.63) is 120 Å². The molecule has 0 saturated carbocycles. The SMILES string of the molecule is COC(=O)c1ccc(-c2c(C(C)(C)COC(=O)N(C)C)n(-c3ccc(F)cc3)c3cccc(OCc4ccccc4)c23)cc1. The molecule has 8 heteroatoms. The summed E-state index contributed by atoms with van der Waals surface area (Å²) in [6, 6.07) is 29.2. The van der Waals surface area contributed by atoms with Gasteiger partial charge in [0.2, 0.25) is 0 Å². The Hall–Kier alpha value is -5.11. The highest BCUT2D eigenvalue weighted by Crippen LogP contribution is 2.46. The molecule has 0 aliphatic carbocycles. The van der Waals surface area contributed by atoms with Crippen LogP contribution in [-0.2, 0) is 21.5 Å². The highest BCUT2D eigenvalue weighted by atomic mass is 19.1. The summed E-state index contributed by atoms with van der Waals surface area (Å²) in [5.74, 6) is -0.133. The second-order valence-electron chi connectivity index (χ2n) is 11.4. The van der Waals surface area contributed by atoms with Crippen molar-refractivity contribution in [1.29, 1.82) is 0 Å². The predicted octanol–water partition coefficient (Wildman–Crippen LogP) is 7.78. The number of benzene rings is 4. The van der Waals surface area contributed by atoms with Crippen molar-refractivity contribution in [2.45, 2.75) is 25.9 Å². The summed E-state index contributed by atoms with van der Waals surface area (Å²) in [4.78, 5) is 26.2. The van der Waals surface area contributed by atoms with Crippen LogP contribution in [0.2, 0.25) is 0 Å². The van der Waals surface area contributed by atoms with Gasteiger partial charge in [-0.1, -0.05) is 62.4 Å². The average Bonchev–Trinajstić information content (AvgIpc) is 3.40. The van der Waals surface area contributed by atoms with E-state index >= 15 is 0 Å².